The van der Waals surface area contributed by atoms with Crippen LogP contribution in [0.5, 0.6) is 0 Å². The van der Waals surface area contributed by atoms with Crippen LogP contribution in [0.1, 0.15) is 20.3 Å². The summed E-state index contributed by atoms with van der Waals surface area (Å²) in [7, 11) is -2.77. The first-order valence-electron chi connectivity index (χ1n) is 4.94. The zero-order valence-electron chi connectivity index (χ0n) is 9.25. The van der Waals surface area contributed by atoms with Gasteiger partial charge in [-0.1, -0.05) is 6.92 Å². The number of hydrogen-bond donors (Lipinski definition) is 1. The van der Waals surface area contributed by atoms with Gasteiger partial charge in [0.1, 0.15) is 9.84 Å². The van der Waals surface area contributed by atoms with Gasteiger partial charge in [-0.2, -0.15) is 11.8 Å². The van der Waals surface area contributed by atoms with E-state index >= 15 is 0 Å². The fraction of sp³-hybridized carbons (Fsp3) is 1.00. The first-order valence-corrected chi connectivity index (χ1v) is 8.16. The highest BCUT2D eigenvalue weighted by molar-refractivity contribution is 8.00. The predicted octanol–water partition coefficient (Wildman–Crippen LogP) is 1.15. The molecule has 0 amide bonds. The van der Waals surface area contributed by atoms with Crippen LogP contribution in [0.4, 0.5) is 0 Å². The summed E-state index contributed by atoms with van der Waals surface area (Å²) in [5, 5.41) is 3.36. The van der Waals surface area contributed by atoms with Gasteiger partial charge in [-0.15, -0.1) is 0 Å². The fourth-order valence-corrected chi connectivity index (χ4v) is 2.98. The third-order valence-corrected chi connectivity index (χ3v) is 4.14. The topological polar surface area (TPSA) is 46.2 Å². The molecule has 0 saturated heterocycles. The van der Waals surface area contributed by atoms with Crippen LogP contribution < -0.4 is 5.32 Å². The Morgan fingerprint density at radius 1 is 1.36 bits per heavy atom. The van der Waals surface area contributed by atoms with Gasteiger partial charge < -0.3 is 5.32 Å². The second kappa shape index (κ2) is 7.54. The van der Waals surface area contributed by atoms with Crippen LogP contribution in [0.25, 0.3) is 0 Å². The third-order valence-electron chi connectivity index (χ3n) is 1.95. The summed E-state index contributed by atoms with van der Waals surface area (Å²) in [6, 6.07) is 0.561. The molecule has 1 unspecified atom stereocenters. The number of rotatable bonds is 8. The van der Waals surface area contributed by atoms with Crippen LogP contribution in [0.2, 0.25) is 0 Å². The molecule has 3 nitrogen and oxygen atoms in total. The van der Waals surface area contributed by atoms with Gasteiger partial charge in [0.05, 0.1) is 5.75 Å². The second-order valence-corrected chi connectivity index (χ2v) is 6.99. The normalized spacial score (nSPS) is 14.2. The number of hydrogen-bond acceptors (Lipinski definition) is 4. The Bertz CT molecular complexity index is 227. The van der Waals surface area contributed by atoms with Gasteiger partial charge in [-0.05, 0) is 13.3 Å². The minimum Gasteiger partial charge on any atom is -0.313 e. The molecule has 0 aliphatic rings. The van der Waals surface area contributed by atoms with Gasteiger partial charge in [0.15, 0.2) is 0 Å². The summed E-state index contributed by atoms with van der Waals surface area (Å²) in [6.07, 6.45) is 2.42. The maximum Gasteiger partial charge on any atom is 0.148 e. The average Bonchev–Trinajstić information content (AvgIpc) is 2.08. The molecule has 1 atom stereocenters. The van der Waals surface area contributed by atoms with Crippen LogP contribution in [-0.4, -0.2) is 44.5 Å². The first-order chi connectivity index (χ1) is 6.45. The van der Waals surface area contributed by atoms with Crippen molar-refractivity contribution in [1.29, 1.82) is 0 Å². The Morgan fingerprint density at radius 2 is 2.00 bits per heavy atom. The molecule has 0 spiro atoms. The molecule has 0 bridgehead atoms. The van der Waals surface area contributed by atoms with Crippen molar-refractivity contribution < 1.29 is 8.42 Å². The Hall–Kier alpha value is 0.260. The molecule has 5 heteroatoms. The molecule has 0 aromatic carbocycles. The van der Waals surface area contributed by atoms with Gasteiger partial charge in [-0.3, -0.25) is 0 Å². The molecule has 0 rings (SSSR count). The van der Waals surface area contributed by atoms with Crippen molar-refractivity contribution in [2.45, 2.75) is 26.3 Å². The molecule has 0 fully saturated rings. The molecule has 0 aliphatic carbocycles. The highest BCUT2D eigenvalue weighted by Gasteiger charge is 2.01. The lowest BCUT2D eigenvalue weighted by Crippen LogP contribution is -2.27. The van der Waals surface area contributed by atoms with E-state index in [0.29, 0.717) is 17.5 Å². The lowest BCUT2D eigenvalue weighted by molar-refractivity contribution is 0.555. The molecule has 0 aliphatic heterocycles. The Morgan fingerprint density at radius 3 is 2.50 bits per heavy atom. The Labute approximate surface area is 92.0 Å². The maximum absolute atomic E-state index is 10.8. The van der Waals surface area contributed by atoms with Crippen molar-refractivity contribution in [3.8, 4) is 0 Å². The highest BCUT2D eigenvalue weighted by Crippen LogP contribution is 2.00. The third kappa shape index (κ3) is 10.3. The van der Waals surface area contributed by atoms with E-state index in [1.807, 2.05) is 0 Å². The van der Waals surface area contributed by atoms with E-state index in [4.69, 9.17) is 0 Å². The van der Waals surface area contributed by atoms with Gasteiger partial charge in [0.2, 0.25) is 0 Å². The highest BCUT2D eigenvalue weighted by atomic mass is 32.2. The molecule has 0 aromatic rings. The Kier molecular flexibility index (Phi) is 7.68. The fourth-order valence-electron chi connectivity index (χ4n) is 0.834. The average molecular weight is 239 g/mol. The molecule has 1 N–H and O–H groups in total. The van der Waals surface area contributed by atoms with Gasteiger partial charge in [-0.25, -0.2) is 8.42 Å². The monoisotopic (exact) mass is 239 g/mol. The van der Waals surface area contributed by atoms with E-state index in [-0.39, 0.29) is 0 Å². The molecule has 86 valence electrons. The molecule has 14 heavy (non-hydrogen) atoms. The van der Waals surface area contributed by atoms with Crippen LogP contribution in [0, 0.1) is 0 Å². The van der Waals surface area contributed by atoms with Crippen LogP contribution in [0.15, 0.2) is 0 Å². The summed E-state index contributed by atoms with van der Waals surface area (Å²) in [6.45, 7) is 5.26. The largest absolute Gasteiger partial charge is 0.313 e. The molecular formula is C9H21NO2S2. The molecule has 0 radical (unpaired) electrons. The molecular weight excluding hydrogens is 218 g/mol. The van der Waals surface area contributed by atoms with E-state index < -0.39 is 9.84 Å². The van der Waals surface area contributed by atoms with Crippen molar-refractivity contribution in [3.63, 3.8) is 0 Å². The zero-order valence-corrected chi connectivity index (χ0v) is 10.9. The standard InChI is InChI=1S/C9H21NO2S2/c1-4-9(2)10-5-6-13-7-8-14(3,11)12/h9-10H,4-8H2,1-3H3. The van der Waals surface area contributed by atoms with Crippen molar-refractivity contribution in [2.75, 3.05) is 30.1 Å². The lowest BCUT2D eigenvalue weighted by atomic mass is 10.3. The van der Waals surface area contributed by atoms with Crippen molar-refractivity contribution in [3.05, 3.63) is 0 Å². The van der Waals surface area contributed by atoms with E-state index in [1.54, 1.807) is 11.8 Å². The molecule has 0 heterocycles. The van der Waals surface area contributed by atoms with Gasteiger partial charge in [0.25, 0.3) is 0 Å². The summed E-state index contributed by atoms with van der Waals surface area (Å²) < 4.78 is 21.6. The van der Waals surface area contributed by atoms with Crippen molar-refractivity contribution >= 4 is 21.6 Å². The Balaban J connectivity index is 3.23. The number of nitrogens with one attached hydrogen (secondary N) is 1. The van der Waals surface area contributed by atoms with E-state index in [2.05, 4.69) is 19.2 Å². The zero-order chi connectivity index (χ0) is 11.0. The summed E-state index contributed by atoms with van der Waals surface area (Å²) in [5.74, 6) is 1.99. The molecule has 0 aromatic heterocycles. The van der Waals surface area contributed by atoms with Gasteiger partial charge in [0, 0.05) is 30.3 Å². The minimum atomic E-state index is -2.77. The SMILES string of the molecule is CCC(C)NCCSCCS(C)(=O)=O. The lowest BCUT2D eigenvalue weighted by Gasteiger charge is -2.10. The predicted molar refractivity (Wildman–Crippen MR) is 64.8 cm³/mol. The second-order valence-electron chi connectivity index (χ2n) is 3.51. The summed E-state index contributed by atoms with van der Waals surface area (Å²) >= 11 is 1.69. The van der Waals surface area contributed by atoms with Crippen molar-refractivity contribution in [1.82, 2.24) is 5.32 Å². The maximum atomic E-state index is 10.8. The van der Waals surface area contributed by atoms with Crippen LogP contribution >= 0.6 is 11.8 Å². The van der Waals surface area contributed by atoms with E-state index in [1.165, 1.54) is 6.26 Å². The quantitative estimate of drug-likeness (QED) is 0.646. The number of sulfone groups is 1. The number of thioether (sulfide) groups is 1. The summed E-state index contributed by atoms with van der Waals surface area (Å²) in [4.78, 5) is 0. The van der Waals surface area contributed by atoms with Crippen molar-refractivity contribution in [2.24, 2.45) is 0 Å². The van der Waals surface area contributed by atoms with E-state index in [9.17, 15) is 8.42 Å². The smallest absolute Gasteiger partial charge is 0.148 e. The van der Waals surface area contributed by atoms with Gasteiger partial charge >= 0.3 is 0 Å². The van der Waals surface area contributed by atoms with Crippen LogP contribution in [-0.2, 0) is 9.84 Å². The summed E-state index contributed by atoms with van der Waals surface area (Å²) in [5.41, 5.74) is 0. The first kappa shape index (κ1) is 14.3. The molecule has 0 saturated carbocycles. The van der Waals surface area contributed by atoms with Crippen LogP contribution in [0.3, 0.4) is 0 Å². The van der Waals surface area contributed by atoms with E-state index in [0.717, 1.165) is 18.7 Å². The minimum absolute atomic E-state index is 0.293.